The van der Waals surface area contributed by atoms with Crippen LogP contribution in [0.5, 0.6) is 5.75 Å². The fourth-order valence-electron chi connectivity index (χ4n) is 1.74. The molecule has 0 saturated carbocycles. The molecule has 0 aliphatic carbocycles. The lowest BCUT2D eigenvalue weighted by atomic mass is 10.0. The van der Waals surface area contributed by atoms with Gasteiger partial charge in [-0.3, -0.25) is 9.59 Å². The molecule has 1 amide bonds. The Labute approximate surface area is 116 Å². The normalized spacial score (nSPS) is 9.80. The van der Waals surface area contributed by atoms with E-state index in [1.54, 1.807) is 30.3 Å². The topological polar surface area (TPSA) is 66.4 Å². The molecule has 0 saturated heterocycles. The van der Waals surface area contributed by atoms with Gasteiger partial charge in [-0.15, -0.1) is 0 Å². The van der Waals surface area contributed by atoms with E-state index < -0.39 is 0 Å². The summed E-state index contributed by atoms with van der Waals surface area (Å²) in [5.74, 6) is -0.836. The summed E-state index contributed by atoms with van der Waals surface area (Å²) in [4.78, 5) is 23.3. The van der Waals surface area contributed by atoms with Crippen molar-refractivity contribution < 1.29 is 14.7 Å². The van der Waals surface area contributed by atoms with Crippen LogP contribution in [0, 0.1) is 0 Å². The molecule has 0 bridgehead atoms. The Morgan fingerprint density at radius 2 is 1.80 bits per heavy atom. The van der Waals surface area contributed by atoms with Gasteiger partial charge in [0.15, 0.2) is 5.78 Å². The van der Waals surface area contributed by atoms with E-state index in [1.165, 1.54) is 12.1 Å². The van der Waals surface area contributed by atoms with Crippen LogP contribution >= 0.6 is 0 Å². The van der Waals surface area contributed by atoms with Gasteiger partial charge >= 0.3 is 0 Å². The molecule has 20 heavy (non-hydrogen) atoms. The van der Waals surface area contributed by atoms with Crippen LogP contribution in [0.15, 0.2) is 61.2 Å². The quantitative estimate of drug-likeness (QED) is 0.661. The van der Waals surface area contributed by atoms with Crippen molar-refractivity contribution in [3.05, 3.63) is 72.3 Å². The van der Waals surface area contributed by atoms with Crippen molar-refractivity contribution in [1.82, 2.24) is 0 Å². The zero-order chi connectivity index (χ0) is 14.5. The number of aromatic hydroxyl groups is 1. The Balaban J connectivity index is 2.28. The monoisotopic (exact) mass is 267 g/mol. The fourth-order valence-corrected chi connectivity index (χ4v) is 1.74. The minimum absolute atomic E-state index is 0.180. The summed E-state index contributed by atoms with van der Waals surface area (Å²) in [6.45, 7) is 3.34. The lowest BCUT2D eigenvalue weighted by molar-refractivity contribution is -0.111. The van der Waals surface area contributed by atoms with Crippen LogP contribution in [0.4, 0.5) is 5.69 Å². The van der Waals surface area contributed by atoms with E-state index in [1.807, 2.05) is 6.07 Å². The number of amides is 1. The summed E-state index contributed by atoms with van der Waals surface area (Å²) < 4.78 is 0. The number of rotatable bonds is 4. The van der Waals surface area contributed by atoms with E-state index >= 15 is 0 Å². The second-order valence-corrected chi connectivity index (χ2v) is 4.12. The minimum Gasteiger partial charge on any atom is -0.507 e. The highest BCUT2D eigenvalue weighted by molar-refractivity contribution is 6.11. The molecule has 2 aromatic carbocycles. The van der Waals surface area contributed by atoms with Gasteiger partial charge in [0.25, 0.3) is 0 Å². The molecule has 0 aromatic heterocycles. The van der Waals surface area contributed by atoms with Crippen molar-refractivity contribution in [2.24, 2.45) is 0 Å². The van der Waals surface area contributed by atoms with Crippen molar-refractivity contribution in [3.63, 3.8) is 0 Å². The van der Waals surface area contributed by atoms with Crippen molar-refractivity contribution in [3.8, 4) is 5.75 Å². The first-order valence-electron chi connectivity index (χ1n) is 5.98. The van der Waals surface area contributed by atoms with Crippen molar-refractivity contribution in [1.29, 1.82) is 0 Å². The van der Waals surface area contributed by atoms with Crippen LogP contribution in [-0.4, -0.2) is 16.8 Å². The molecule has 100 valence electrons. The molecule has 0 radical (unpaired) electrons. The molecule has 2 aromatic rings. The minimum atomic E-state index is -0.383. The highest BCUT2D eigenvalue weighted by Crippen LogP contribution is 2.24. The van der Waals surface area contributed by atoms with E-state index in [9.17, 15) is 14.7 Å². The second kappa shape index (κ2) is 5.84. The number of benzene rings is 2. The zero-order valence-corrected chi connectivity index (χ0v) is 10.7. The van der Waals surface area contributed by atoms with Crippen molar-refractivity contribution in [2.45, 2.75) is 0 Å². The summed E-state index contributed by atoms with van der Waals surface area (Å²) in [5, 5.41) is 12.4. The number of carbonyl (C=O) groups is 2. The molecular weight excluding hydrogens is 254 g/mol. The predicted octanol–water partition coefficient (Wildman–Crippen LogP) is 2.75. The summed E-state index contributed by atoms with van der Waals surface area (Å²) in [7, 11) is 0. The first kappa shape index (κ1) is 13.5. The van der Waals surface area contributed by atoms with Crippen LogP contribution in [-0.2, 0) is 4.79 Å². The third kappa shape index (κ3) is 2.92. The molecule has 0 aliphatic rings. The Hall–Kier alpha value is -2.88. The van der Waals surface area contributed by atoms with Crippen LogP contribution in [0.3, 0.4) is 0 Å². The average Bonchev–Trinajstić information content (AvgIpc) is 2.47. The number of hydrogen-bond donors (Lipinski definition) is 2. The molecule has 4 heteroatoms. The summed E-state index contributed by atoms with van der Waals surface area (Å²) in [6.07, 6.45) is 1.13. The van der Waals surface area contributed by atoms with Gasteiger partial charge in [0.2, 0.25) is 5.91 Å². The van der Waals surface area contributed by atoms with Crippen molar-refractivity contribution >= 4 is 17.4 Å². The highest BCUT2D eigenvalue weighted by Gasteiger charge is 2.13. The van der Waals surface area contributed by atoms with Gasteiger partial charge in [-0.2, -0.15) is 0 Å². The molecule has 0 heterocycles. The number of hydrogen-bond acceptors (Lipinski definition) is 3. The van der Waals surface area contributed by atoms with E-state index in [2.05, 4.69) is 11.9 Å². The second-order valence-electron chi connectivity index (χ2n) is 4.12. The van der Waals surface area contributed by atoms with Crippen LogP contribution in [0.1, 0.15) is 15.9 Å². The number of phenols is 1. The molecule has 2 rings (SSSR count). The van der Waals surface area contributed by atoms with Gasteiger partial charge in [0.05, 0.1) is 5.56 Å². The average molecular weight is 267 g/mol. The van der Waals surface area contributed by atoms with Crippen LogP contribution in [0.2, 0.25) is 0 Å². The number of carbonyl (C=O) groups excluding carboxylic acids is 2. The van der Waals surface area contributed by atoms with E-state index in [0.29, 0.717) is 11.3 Å². The summed E-state index contributed by atoms with van der Waals surface area (Å²) >= 11 is 0. The largest absolute Gasteiger partial charge is 0.507 e. The number of anilines is 1. The molecule has 4 nitrogen and oxygen atoms in total. The van der Waals surface area contributed by atoms with E-state index in [4.69, 9.17) is 0 Å². The van der Waals surface area contributed by atoms with Gasteiger partial charge in [-0.1, -0.05) is 36.9 Å². The molecule has 0 unspecified atom stereocenters. The summed E-state index contributed by atoms with van der Waals surface area (Å²) in [6, 6.07) is 13.0. The molecule has 0 spiro atoms. The lowest BCUT2D eigenvalue weighted by Gasteiger charge is -2.07. The maximum Gasteiger partial charge on any atom is 0.247 e. The van der Waals surface area contributed by atoms with Crippen molar-refractivity contribution in [2.75, 3.05) is 5.32 Å². The number of phenolic OH excluding ortho intramolecular Hbond substituents is 1. The molecule has 0 atom stereocenters. The Bertz CT molecular complexity index is 663. The van der Waals surface area contributed by atoms with E-state index in [0.717, 1.165) is 6.08 Å². The van der Waals surface area contributed by atoms with Gasteiger partial charge in [0.1, 0.15) is 5.75 Å². The maximum absolute atomic E-state index is 12.2. The Kier molecular flexibility index (Phi) is 3.96. The maximum atomic E-state index is 12.2. The zero-order valence-electron chi connectivity index (χ0n) is 10.7. The number of ketones is 1. The van der Waals surface area contributed by atoms with Gasteiger partial charge in [-0.05, 0) is 18.2 Å². The van der Waals surface area contributed by atoms with Gasteiger partial charge in [-0.25, -0.2) is 0 Å². The fraction of sp³-hybridized carbons (Fsp3) is 0. The van der Waals surface area contributed by atoms with Gasteiger partial charge in [0, 0.05) is 17.3 Å². The number of nitrogens with one attached hydrogen (secondary N) is 1. The Morgan fingerprint density at radius 3 is 2.40 bits per heavy atom. The SMILES string of the molecule is C=CC(=O)Nc1ccc(C(=O)c2ccccc2)c(O)c1. The molecule has 0 aliphatic heterocycles. The molecule has 0 fully saturated rings. The first-order chi connectivity index (χ1) is 9.61. The smallest absolute Gasteiger partial charge is 0.247 e. The van der Waals surface area contributed by atoms with E-state index in [-0.39, 0.29) is 23.0 Å². The lowest BCUT2D eigenvalue weighted by Crippen LogP contribution is -2.08. The molecule has 2 N–H and O–H groups in total. The molecular formula is C16H13NO3. The van der Waals surface area contributed by atoms with Crippen LogP contribution < -0.4 is 5.32 Å². The summed E-state index contributed by atoms with van der Waals surface area (Å²) in [5.41, 5.74) is 1.08. The first-order valence-corrected chi connectivity index (χ1v) is 5.98. The van der Waals surface area contributed by atoms with Gasteiger partial charge < -0.3 is 10.4 Å². The third-order valence-corrected chi connectivity index (χ3v) is 2.73. The highest BCUT2D eigenvalue weighted by atomic mass is 16.3. The Morgan fingerprint density at radius 1 is 1.10 bits per heavy atom. The predicted molar refractivity (Wildman–Crippen MR) is 76.8 cm³/mol. The van der Waals surface area contributed by atoms with Crippen LogP contribution in [0.25, 0.3) is 0 Å². The standard InChI is InChI=1S/C16H13NO3/c1-2-15(19)17-12-8-9-13(14(18)10-12)16(20)11-6-4-3-5-7-11/h2-10,18H,1H2,(H,17,19). The third-order valence-electron chi connectivity index (χ3n) is 2.73.